The molecule has 0 aliphatic carbocycles. The minimum absolute atomic E-state index is 0. The molecule has 126 valence electrons. The first-order valence-electron chi connectivity index (χ1n) is 7.71. The Morgan fingerprint density at radius 1 is 1.08 bits per heavy atom. The fourth-order valence-corrected chi connectivity index (χ4v) is 2.40. The van der Waals surface area contributed by atoms with Crippen LogP contribution in [0, 0.1) is 0 Å². The van der Waals surface area contributed by atoms with Gasteiger partial charge in [0.25, 0.3) is 0 Å². The van der Waals surface area contributed by atoms with E-state index in [1.165, 1.54) is 0 Å². The molecule has 0 aliphatic rings. The zero-order chi connectivity index (χ0) is 15.9. The van der Waals surface area contributed by atoms with Gasteiger partial charge in [-0.25, -0.2) is 4.98 Å². The summed E-state index contributed by atoms with van der Waals surface area (Å²) in [5.41, 5.74) is 7.66. The number of nitrogens with zero attached hydrogens (tertiary/aromatic N) is 3. The van der Waals surface area contributed by atoms with Crippen molar-refractivity contribution in [3.63, 3.8) is 0 Å². The number of rotatable bonds is 7. The van der Waals surface area contributed by atoms with Gasteiger partial charge in [0.05, 0.1) is 6.04 Å². The highest BCUT2D eigenvalue weighted by atomic mass is 35.5. The van der Waals surface area contributed by atoms with Gasteiger partial charge in [0.2, 0.25) is 0 Å². The van der Waals surface area contributed by atoms with Crippen LogP contribution >= 0.6 is 12.4 Å². The van der Waals surface area contributed by atoms with Crippen LogP contribution in [-0.2, 0) is 0 Å². The van der Waals surface area contributed by atoms with Gasteiger partial charge in [0, 0.05) is 23.6 Å². The van der Waals surface area contributed by atoms with Crippen LogP contribution in [-0.4, -0.2) is 26.7 Å². The molecule has 24 heavy (non-hydrogen) atoms. The molecule has 0 aliphatic heterocycles. The molecule has 6 nitrogen and oxygen atoms in total. The molecule has 0 radical (unpaired) electrons. The summed E-state index contributed by atoms with van der Waals surface area (Å²) in [6.45, 7) is 0.651. The lowest BCUT2D eigenvalue weighted by Gasteiger charge is -2.17. The molecule has 2 heterocycles. The van der Waals surface area contributed by atoms with E-state index in [2.05, 4.69) is 25.5 Å². The largest absolute Gasteiger partial charge is 0.375 e. The van der Waals surface area contributed by atoms with Crippen molar-refractivity contribution in [1.82, 2.24) is 20.2 Å². The SMILES string of the molecule is Cl.NCCCC(Nc1ccccc1)c1nc(-c2ccncc2)n[nH]1. The van der Waals surface area contributed by atoms with Gasteiger partial charge in [0.1, 0.15) is 5.82 Å². The lowest BCUT2D eigenvalue weighted by atomic mass is 10.1. The van der Waals surface area contributed by atoms with Crippen molar-refractivity contribution in [1.29, 1.82) is 0 Å². The van der Waals surface area contributed by atoms with Crippen molar-refractivity contribution in [2.75, 3.05) is 11.9 Å². The van der Waals surface area contributed by atoms with Gasteiger partial charge in [-0.2, -0.15) is 5.10 Å². The molecule has 0 saturated heterocycles. The number of H-pyrrole nitrogens is 1. The molecule has 3 aromatic rings. The fraction of sp³-hybridized carbons (Fsp3) is 0.235. The molecule has 0 amide bonds. The van der Waals surface area contributed by atoms with Crippen molar-refractivity contribution in [3.05, 3.63) is 60.7 Å². The van der Waals surface area contributed by atoms with E-state index in [1.54, 1.807) is 12.4 Å². The Morgan fingerprint density at radius 3 is 2.54 bits per heavy atom. The zero-order valence-electron chi connectivity index (χ0n) is 13.2. The molecule has 4 N–H and O–H groups in total. The first-order valence-corrected chi connectivity index (χ1v) is 7.71. The van der Waals surface area contributed by atoms with Crippen molar-refractivity contribution >= 4 is 18.1 Å². The molecule has 0 bridgehead atoms. The van der Waals surface area contributed by atoms with Crippen molar-refractivity contribution in [3.8, 4) is 11.4 Å². The number of hydrogen-bond donors (Lipinski definition) is 3. The van der Waals surface area contributed by atoms with Crippen LogP contribution in [0.3, 0.4) is 0 Å². The maximum atomic E-state index is 5.66. The standard InChI is InChI=1S/C17H20N6.ClH/c18-10-4-7-15(20-14-5-2-1-3-6-14)17-21-16(22-23-17)13-8-11-19-12-9-13;/h1-3,5-6,8-9,11-12,15,20H,4,7,10,18H2,(H,21,22,23);1H. The van der Waals surface area contributed by atoms with E-state index >= 15 is 0 Å². The number of aromatic amines is 1. The van der Waals surface area contributed by atoms with E-state index in [0.717, 1.165) is 29.9 Å². The van der Waals surface area contributed by atoms with Crippen molar-refractivity contribution < 1.29 is 0 Å². The molecule has 1 aromatic carbocycles. The van der Waals surface area contributed by atoms with Crippen LogP contribution in [0.15, 0.2) is 54.9 Å². The number of nitrogens with two attached hydrogens (primary N) is 1. The van der Waals surface area contributed by atoms with Gasteiger partial charge in [-0.3, -0.25) is 10.1 Å². The van der Waals surface area contributed by atoms with Crippen molar-refractivity contribution in [2.45, 2.75) is 18.9 Å². The number of benzene rings is 1. The highest BCUT2D eigenvalue weighted by molar-refractivity contribution is 5.85. The van der Waals surface area contributed by atoms with E-state index < -0.39 is 0 Å². The minimum atomic E-state index is 0. The third-order valence-electron chi connectivity index (χ3n) is 3.58. The second-order valence-corrected chi connectivity index (χ2v) is 5.27. The summed E-state index contributed by atoms with van der Waals surface area (Å²) < 4.78 is 0. The molecule has 1 unspecified atom stereocenters. The Balaban J connectivity index is 0.00000208. The fourth-order valence-electron chi connectivity index (χ4n) is 2.40. The zero-order valence-corrected chi connectivity index (χ0v) is 14.0. The van der Waals surface area contributed by atoms with Gasteiger partial charge in [-0.15, -0.1) is 12.4 Å². The van der Waals surface area contributed by atoms with Crippen molar-refractivity contribution in [2.24, 2.45) is 5.73 Å². The normalized spacial score (nSPS) is 11.5. The minimum Gasteiger partial charge on any atom is -0.375 e. The topological polar surface area (TPSA) is 92.5 Å². The summed E-state index contributed by atoms with van der Waals surface area (Å²) in [7, 11) is 0. The van der Waals surface area contributed by atoms with E-state index in [1.807, 2.05) is 42.5 Å². The smallest absolute Gasteiger partial charge is 0.181 e. The maximum Gasteiger partial charge on any atom is 0.181 e. The third-order valence-corrected chi connectivity index (χ3v) is 3.58. The second-order valence-electron chi connectivity index (χ2n) is 5.27. The number of anilines is 1. The quantitative estimate of drug-likeness (QED) is 0.612. The van der Waals surface area contributed by atoms with Gasteiger partial charge in [-0.05, 0) is 43.7 Å². The molecule has 3 rings (SSSR count). The van der Waals surface area contributed by atoms with Gasteiger partial charge in [-0.1, -0.05) is 18.2 Å². The van der Waals surface area contributed by atoms with E-state index in [-0.39, 0.29) is 18.4 Å². The number of halogens is 1. The molecule has 1 atom stereocenters. The molecular weight excluding hydrogens is 324 g/mol. The summed E-state index contributed by atoms with van der Waals surface area (Å²) in [6.07, 6.45) is 5.27. The van der Waals surface area contributed by atoms with Crippen LogP contribution in [0.2, 0.25) is 0 Å². The lowest BCUT2D eigenvalue weighted by Crippen LogP contribution is -2.14. The highest BCUT2D eigenvalue weighted by Crippen LogP contribution is 2.23. The van der Waals surface area contributed by atoms with Gasteiger partial charge < -0.3 is 11.1 Å². The van der Waals surface area contributed by atoms with Gasteiger partial charge >= 0.3 is 0 Å². The number of pyridine rings is 1. The Hall–Kier alpha value is -2.44. The van der Waals surface area contributed by atoms with Gasteiger partial charge in [0.15, 0.2) is 5.82 Å². The first kappa shape index (κ1) is 17.9. The predicted molar refractivity (Wildman–Crippen MR) is 98.0 cm³/mol. The maximum absolute atomic E-state index is 5.66. The Labute approximate surface area is 147 Å². The second kappa shape index (κ2) is 9.00. The number of hydrogen-bond acceptors (Lipinski definition) is 5. The third kappa shape index (κ3) is 4.53. The summed E-state index contributed by atoms with van der Waals surface area (Å²) in [5.74, 6) is 1.49. The number of aromatic nitrogens is 4. The van der Waals surface area contributed by atoms with E-state index in [4.69, 9.17) is 5.73 Å². The van der Waals surface area contributed by atoms with Crippen LogP contribution in [0.4, 0.5) is 5.69 Å². The molecule has 2 aromatic heterocycles. The highest BCUT2D eigenvalue weighted by Gasteiger charge is 2.16. The first-order chi connectivity index (χ1) is 11.4. The average molecular weight is 345 g/mol. The monoisotopic (exact) mass is 344 g/mol. The lowest BCUT2D eigenvalue weighted by molar-refractivity contribution is 0.622. The molecular formula is C17H21ClN6. The summed E-state index contributed by atoms with van der Waals surface area (Å²) in [4.78, 5) is 8.65. The number of para-hydroxylation sites is 1. The molecule has 0 saturated carbocycles. The molecule has 0 spiro atoms. The average Bonchev–Trinajstić information content (AvgIpc) is 3.10. The molecule has 0 fully saturated rings. The summed E-state index contributed by atoms with van der Waals surface area (Å²) >= 11 is 0. The Morgan fingerprint density at radius 2 is 1.83 bits per heavy atom. The van der Waals surface area contributed by atoms with Crippen LogP contribution in [0.5, 0.6) is 0 Å². The van der Waals surface area contributed by atoms with Crippen LogP contribution in [0.25, 0.3) is 11.4 Å². The Bertz CT molecular complexity index is 716. The number of nitrogens with one attached hydrogen (secondary N) is 2. The Kier molecular flexibility index (Phi) is 6.72. The van der Waals surface area contributed by atoms with E-state index in [0.29, 0.717) is 12.4 Å². The van der Waals surface area contributed by atoms with Crippen LogP contribution in [0.1, 0.15) is 24.7 Å². The summed E-state index contributed by atoms with van der Waals surface area (Å²) in [5, 5.41) is 10.9. The van der Waals surface area contributed by atoms with Crippen LogP contribution < -0.4 is 11.1 Å². The summed E-state index contributed by atoms with van der Waals surface area (Å²) in [6, 6.07) is 13.9. The van der Waals surface area contributed by atoms with E-state index in [9.17, 15) is 0 Å². The predicted octanol–water partition coefficient (Wildman–Crippen LogP) is 3.18. The molecule has 7 heteroatoms.